The van der Waals surface area contributed by atoms with Crippen LogP contribution >= 0.6 is 23.8 Å². The van der Waals surface area contributed by atoms with Crippen molar-refractivity contribution in [2.24, 2.45) is 0 Å². The highest BCUT2D eigenvalue weighted by Gasteiger charge is 2.34. The van der Waals surface area contributed by atoms with E-state index in [0.717, 1.165) is 5.56 Å². The van der Waals surface area contributed by atoms with Crippen LogP contribution in [-0.2, 0) is 9.59 Å². The molecule has 1 saturated heterocycles. The number of carbonyl (C=O) groups excluding carboxylic acids is 2. The minimum atomic E-state index is -0.650. The van der Waals surface area contributed by atoms with E-state index in [2.05, 4.69) is 5.32 Å². The molecule has 8 nitrogen and oxygen atoms in total. The van der Waals surface area contributed by atoms with Crippen molar-refractivity contribution in [3.63, 3.8) is 0 Å². The van der Waals surface area contributed by atoms with Crippen LogP contribution in [-0.4, -0.2) is 21.9 Å². The lowest BCUT2D eigenvalue weighted by atomic mass is 10.1. The fourth-order valence-corrected chi connectivity index (χ4v) is 3.59. The molecule has 1 fully saturated rings. The van der Waals surface area contributed by atoms with Crippen LogP contribution in [0.5, 0.6) is 0 Å². The zero-order chi connectivity index (χ0) is 23.0. The quantitative estimate of drug-likeness (QED) is 0.197. The highest BCUT2D eigenvalue weighted by molar-refractivity contribution is 7.80. The van der Waals surface area contributed by atoms with Gasteiger partial charge in [-0.25, -0.2) is 0 Å². The van der Waals surface area contributed by atoms with Crippen molar-refractivity contribution in [3.05, 3.63) is 86.6 Å². The lowest BCUT2D eigenvalue weighted by Crippen LogP contribution is -2.54. The van der Waals surface area contributed by atoms with Gasteiger partial charge in [-0.3, -0.25) is 29.9 Å². The lowest BCUT2D eigenvalue weighted by molar-refractivity contribution is -0.384. The first-order chi connectivity index (χ1) is 15.2. The summed E-state index contributed by atoms with van der Waals surface area (Å²) in [7, 11) is 0. The summed E-state index contributed by atoms with van der Waals surface area (Å²) < 4.78 is 5.70. The number of rotatable bonds is 4. The number of nitrogens with zero attached hydrogens (tertiary/aromatic N) is 2. The lowest BCUT2D eigenvalue weighted by Gasteiger charge is -2.28. The van der Waals surface area contributed by atoms with Crippen LogP contribution in [0.1, 0.15) is 11.3 Å². The molecule has 1 N–H and O–H groups in total. The second-order valence-electron chi connectivity index (χ2n) is 6.92. The molecule has 2 aromatic carbocycles. The molecule has 0 atom stereocenters. The van der Waals surface area contributed by atoms with Crippen LogP contribution in [0.15, 0.2) is 64.6 Å². The van der Waals surface area contributed by atoms with Gasteiger partial charge in [-0.1, -0.05) is 29.3 Å². The van der Waals surface area contributed by atoms with Gasteiger partial charge >= 0.3 is 0 Å². The highest BCUT2D eigenvalue weighted by Crippen LogP contribution is 2.32. The summed E-state index contributed by atoms with van der Waals surface area (Å²) in [5.74, 6) is -0.718. The number of hydrogen-bond donors (Lipinski definition) is 1. The third-order valence-electron chi connectivity index (χ3n) is 4.73. The molecule has 3 aromatic rings. The number of aryl methyl sites for hydroxylation is 1. The number of hydrogen-bond acceptors (Lipinski definition) is 6. The Morgan fingerprint density at radius 2 is 1.84 bits per heavy atom. The molecule has 160 valence electrons. The van der Waals surface area contributed by atoms with Gasteiger partial charge in [0.25, 0.3) is 17.5 Å². The van der Waals surface area contributed by atoms with Crippen LogP contribution in [0.3, 0.4) is 0 Å². The van der Waals surface area contributed by atoms with E-state index in [-0.39, 0.29) is 27.2 Å². The molecular weight excluding hydrogens is 454 g/mol. The van der Waals surface area contributed by atoms with E-state index in [9.17, 15) is 19.7 Å². The number of nitrogens with one attached hydrogen (secondary N) is 1. The number of benzene rings is 2. The first kappa shape index (κ1) is 21.4. The number of carbonyl (C=O) groups is 2. The summed E-state index contributed by atoms with van der Waals surface area (Å²) >= 11 is 11.0. The van der Waals surface area contributed by atoms with Gasteiger partial charge in [0.2, 0.25) is 0 Å². The summed E-state index contributed by atoms with van der Waals surface area (Å²) in [5.41, 5.74) is 1.53. The Kier molecular flexibility index (Phi) is 5.60. The van der Waals surface area contributed by atoms with Gasteiger partial charge in [0, 0.05) is 11.6 Å². The normalized spacial score (nSPS) is 15.2. The van der Waals surface area contributed by atoms with E-state index in [0.29, 0.717) is 17.0 Å². The van der Waals surface area contributed by atoms with Gasteiger partial charge in [-0.2, -0.15) is 0 Å². The fraction of sp³-hybridized carbons (Fsp3) is 0.0455. The predicted molar refractivity (Wildman–Crippen MR) is 123 cm³/mol. The van der Waals surface area contributed by atoms with E-state index < -0.39 is 16.7 Å². The molecule has 2 amide bonds. The number of amides is 2. The Morgan fingerprint density at radius 1 is 1.12 bits per heavy atom. The maximum atomic E-state index is 13.0. The zero-order valence-electron chi connectivity index (χ0n) is 16.5. The molecule has 1 aliphatic rings. The van der Waals surface area contributed by atoms with Crippen molar-refractivity contribution in [1.29, 1.82) is 0 Å². The smallest absolute Gasteiger partial charge is 0.288 e. The molecule has 10 heteroatoms. The standard InChI is InChI=1S/C22H14ClN3O5S/c1-12-2-5-14(6-3-12)25-21(28)16(20(27)24-22(25)32)11-15-7-9-19(31-15)13-4-8-17(23)18(10-13)26(29)30/h2-11H,1H3,(H,24,27,32)/b16-11-. The van der Waals surface area contributed by atoms with E-state index >= 15 is 0 Å². The Balaban J connectivity index is 1.67. The molecule has 0 unspecified atom stereocenters. The van der Waals surface area contributed by atoms with Crippen LogP contribution in [0, 0.1) is 17.0 Å². The Bertz CT molecular complexity index is 1310. The van der Waals surface area contributed by atoms with Crippen LogP contribution in [0.4, 0.5) is 11.4 Å². The maximum absolute atomic E-state index is 13.0. The summed E-state index contributed by atoms with van der Waals surface area (Å²) in [4.78, 5) is 37.2. The molecule has 4 rings (SSSR count). The number of anilines is 1. The molecule has 1 aromatic heterocycles. The Morgan fingerprint density at radius 3 is 2.53 bits per heavy atom. The molecule has 0 spiro atoms. The molecule has 0 aliphatic carbocycles. The molecular formula is C22H14ClN3O5S. The monoisotopic (exact) mass is 467 g/mol. The molecule has 32 heavy (non-hydrogen) atoms. The van der Waals surface area contributed by atoms with Crippen molar-refractivity contribution < 1.29 is 18.9 Å². The van der Waals surface area contributed by atoms with Crippen LogP contribution in [0.2, 0.25) is 5.02 Å². The first-order valence-electron chi connectivity index (χ1n) is 9.27. The number of furan rings is 1. The molecule has 2 heterocycles. The third kappa shape index (κ3) is 4.03. The second kappa shape index (κ2) is 8.37. The number of thiocarbonyl (C=S) groups is 1. The van der Waals surface area contributed by atoms with E-state index in [1.165, 1.54) is 23.1 Å². The summed E-state index contributed by atoms with van der Waals surface area (Å²) in [6.07, 6.45) is 1.30. The van der Waals surface area contributed by atoms with Crippen LogP contribution in [0.25, 0.3) is 17.4 Å². The van der Waals surface area contributed by atoms with E-state index in [1.807, 2.05) is 19.1 Å². The average molecular weight is 468 g/mol. The largest absolute Gasteiger partial charge is 0.457 e. The van der Waals surface area contributed by atoms with Gasteiger partial charge in [0.05, 0.1) is 10.6 Å². The van der Waals surface area contributed by atoms with Crippen molar-refractivity contribution in [2.75, 3.05) is 4.90 Å². The van der Waals surface area contributed by atoms with Crippen molar-refractivity contribution in [2.45, 2.75) is 6.92 Å². The number of nitro groups is 1. The average Bonchev–Trinajstić information content (AvgIpc) is 3.21. The first-order valence-corrected chi connectivity index (χ1v) is 10.1. The second-order valence-corrected chi connectivity index (χ2v) is 7.71. The Labute approximate surface area is 192 Å². The highest BCUT2D eigenvalue weighted by atomic mass is 35.5. The van der Waals surface area contributed by atoms with Crippen molar-refractivity contribution in [1.82, 2.24) is 5.32 Å². The number of nitro benzene ring substituents is 1. The molecule has 1 aliphatic heterocycles. The van der Waals surface area contributed by atoms with Crippen molar-refractivity contribution in [3.8, 4) is 11.3 Å². The van der Waals surface area contributed by atoms with Crippen molar-refractivity contribution >= 4 is 58.2 Å². The van der Waals surface area contributed by atoms with Gasteiger partial charge in [-0.15, -0.1) is 0 Å². The molecule has 0 saturated carbocycles. The topological polar surface area (TPSA) is 106 Å². The summed E-state index contributed by atoms with van der Waals surface area (Å²) in [6, 6.07) is 14.5. The zero-order valence-corrected chi connectivity index (χ0v) is 18.1. The van der Waals surface area contributed by atoms with Gasteiger partial charge in [-0.05, 0) is 61.6 Å². The fourth-order valence-electron chi connectivity index (χ4n) is 3.12. The number of halogens is 1. The minimum absolute atomic E-state index is 0.00397. The third-order valence-corrected chi connectivity index (χ3v) is 5.34. The molecule has 0 bridgehead atoms. The Hall–Kier alpha value is -3.82. The van der Waals surface area contributed by atoms with E-state index in [4.69, 9.17) is 28.2 Å². The predicted octanol–water partition coefficient (Wildman–Crippen LogP) is 4.65. The summed E-state index contributed by atoms with van der Waals surface area (Å²) in [6.45, 7) is 1.91. The van der Waals surface area contributed by atoms with Gasteiger partial charge < -0.3 is 4.42 Å². The SMILES string of the molecule is Cc1ccc(N2C(=O)/C(=C\c3ccc(-c4ccc(Cl)c([N+](=O)[O-])c4)o3)C(=O)NC2=S)cc1. The molecule has 0 radical (unpaired) electrons. The van der Waals surface area contributed by atoms with Crippen LogP contribution < -0.4 is 10.2 Å². The van der Waals surface area contributed by atoms with Gasteiger partial charge in [0.1, 0.15) is 22.1 Å². The van der Waals surface area contributed by atoms with E-state index in [1.54, 1.807) is 30.3 Å². The minimum Gasteiger partial charge on any atom is -0.457 e. The van der Waals surface area contributed by atoms with Gasteiger partial charge in [0.15, 0.2) is 5.11 Å². The maximum Gasteiger partial charge on any atom is 0.288 e. The summed E-state index contributed by atoms with van der Waals surface area (Å²) in [5, 5.41) is 13.6.